The molecule has 1 saturated carbocycles. The van der Waals surface area contributed by atoms with E-state index >= 15 is 0 Å². The molecule has 1 aliphatic rings. The Morgan fingerprint density at radius 1 is 1.08 bits per heavy atom. The molecule has 4 nitrogen and oxygen atoms in total. The van der Waals surface area contributed by atoms with Gasteiger partial charge in [-0.1, -0.05) is 35.9 Å². The van der Waals surface area contributed by atoms with Crippen molar-refractivity contribution in [1.82, 2.24) is 5.32 Å². The minimum atomic E-state index is -0.420. The predicted molar refractivity (Wildman–Crippen MR) is 92.0 cm³/mol. The van der Waals surface area contributed by atoms with Gasteiger partial charge in [-0.3, -0.25) is 4.79 Å². The fourth-order valence-electron chi connectivity index (χ4n) is 2.77. The van der Waals surface area contributed by atoms with E-state index in [1.54, 1.807) is 12.1 Å². The molecule has 2 aromatic carbocycles. The third-order valence-electron chi connectivity index (χ3n) is 4.41. The molecule has 0 saturated heterocycles. The lowest BCUT2D eigenvalue weighted by Crippen LogP contribution is -2.34. The molecule has 1 aliphatic carbocycles. The van der Waals surface area contributed by atoms with Crippen LogP contribution in [0.5, 0.6) is 0 Å². The van der Waals surface area contributed by atoms with Gasteiger partial charge in [0.1, 0.15) is 0 Å². The summed E-state index contributed by atoms with van der Waals surface area (Å²) in [7, 11) is 1.35. The Kier molecular flexibility index (Phi) is 4.58. The third kappa shape index (κ3) is 3.29. The second-order valence-electron chi connectivity index (χ2n) is 5.96. The summed E-state index contributed by atoms with van der Waals surface area (Å²) in [6.07, 6.45) is 1.70. The van der Waals surface area contributed by atoms with Gasteiger partial charge in [-0.2, -0.15) is 0 Å². The van der Waals surface area contributed by atoms with Crippen LogP contribution < -0.4 is 5.32 Å². The number of carbonyl (C=O) groups excluding carboxylic acids is 2. The molecule has 24 heavy (non-hydrogen) atoms. The van der Waals surface area contributed by atoms with Crippen molar-refractivity contribution in [2.75, 3.05) is 7.11 Å². The van der Waals surface area contributed by atoms with Crippen LogP contribution in [0, 0.1) is 0 Å². The van der Waals surface area contributed by atoms with Crippen molar-refractivity contribution in [2.24, 2.45) is 0 Å². The summed E-state index contributed by atoms with van der Waals surface area (Å²) in [5.74, 6) is -0.341. The van der Waals surface area contributed by atoms with Crippen LogP contribution in [0.4, 0.5) is 0 Å². The molecule has 0 heterocycles. The summed E-state index contributed by atoms with van der Waals surface area (Å²) in [5, 5.41) is 3.66. The molecular formula is C19H18ClNO3. The Labute approximate surface area is 145 Å². The number of esters is 1. The third-order valence-corrected chi connectivity index (χ3v) is 4.66. The number of carbonyl (C=O) groups is 2. The Morgan fingerprint density at radius 2 is 1.71 bits per heavy atom. The zero-order valence-electron chi connectivity index (χ0n) is 13.3. The van der Waals surface area contributed by atoms with Crippen LogP contribution in [-0.4, -0.2) is 19.0 Å². The number of ether oxygens (including phenoxy) is 1. The van der Waals surface area contributed by atoms with E-state index in [2.05, 4.69) is 10.1 Å². The topological polar surface area (TPSA) is 55.4 Å². The van der Waals surface area contributed by atoms with Gasteiger partial charge in [0, 0.05) is 11.6 Å². The standard InChI is InChI=1S/C19H18ClNO3/c1-24-17(22)14-4-2-13(3-5-14)12-21-18(23)19(10-11-19)15-6-8-16(20)9-7-15/h2-9H,10-12H2,1H3,(H,21,23). The van der Waals surface area contributed by atoms with Gasteiger partial charge in [0.2, 0.25) is 5.91 Å². The quantitative estimate of drug-likeness (QED) is 0.846. The number of halogens is 1. The first-order valence-corrected chi connectivity index (χ1v) is 8.14. The lowest BCUT2D eigenvalue weighted by Gasteiger charge is -2.16. The van der Waals surface area contributed by atoms with Crippen molar-refractivity contribution in [3.63, 3.8) is 0 Å². The van der Waals surface area contributed by atoms with E-state index in [1.807, 2.05) is 36.4 Å². The van der Waals surface area contributed by atoms with Crippen LogP contribution in [0.1, 0.15) is 34.3 Å². The van der Waals surface area contributed by atoms with Crippen LogP contribution in [0.2, 0.25) is 5.02 Å². The van der Waals surface area contributed by atoms with Gasteiger partial charge in [0.25, 0.3) is 0 Å². The lowest BCUT2D eigenvalue weighted by molar-refractivity contribution is -0.123. The van der Waals surface area contributed by atoms with E-state index in [-0.39, 0.29) is 11.9 Å². The average molecular weight is 344 g/mol. The highest BCUT2D eigenvalue weighted by molar-refractivity contribution is 6.30. The van der Waals surface area contributed by atoms with Crippen molar-refractivity contribution in [2.45, 2.75) is 24.8 Å². The van der Waals surface area contributed by atoms with Gasteiger partial charge >= 0.3 is 5.97 Å². The first-order chi connectivity index (χ1) is 11.5. The Balaban J connectivity index is 1.63. The molecule has 5 heteroatoms. The van der Waals surface area contributed by atoms with Crippen molar-refractivity contribution < 1.29 is 14.3 Å². The van der Waals surface area contributed by atoms with Crippen molar-refractivity contribution in [1.29, 1.82) is 0 Å². The van der Waals surface area contributed by atoms with Crippen LogP contribution in [0.25, 0.3) is 0 Å². The molecule has 1 N–H and O–H groups in total. The van der Waals surface area contributed by atoms with Gasteiger partial charge in [-0.25, -0.2) is 4.79 Å². The summed E-state index contributed by atoms with van der Waals surface area (Å²) in [6.45, 7) is 0.426. The Bertz CT molecular complexity index is 749. The number of nitrogens with one attached hydrogen (secondary N) is 1. The zero-order chi connectivity index (χ0) is 17.2. The van der Waals surface area contributed by atoms with Crippen LogP contribution >= 0.6 is 11.6 Å². The summed E-state index contributed by atoms with van der Waals surface area (Å²) in [6, 6.07) is 14.5. The minimum Gasteiger partial charge on any atom is -0.465 e. The second kappa shape index (κ2) is 6.65. The molecule has 3 rings (SSSR count). The zero-order valence-corrected chi connectivity index (χ0v) is 14.1. The molecule has 0 bridgehead atoms. The van der Waals surface area contributed by atoms with E-state index in [1.165, 1.54) is 7.11 Å². The normalized spacial score (nSPS) is 14.8. The highest BCUT2D eigenvalue weighted by atomic mass is 35.5. The van der Waals surface area contributed by atoms with Crippen molar-refractivity contribution in [3.05, 3.63) is 70.2 Å². The fourth-order valence-corrected chi connectivity index (χ4v) is 2.89. The molecule has 2 aromatic rings. The maximum Gasteiger partial charge on any atom is 0.337 e. The minimum absolute atomic E-state index is 0.0295. The molecule has 0 aliphatic heterocycles. The summed E-state index contributed by atoms with van der Waals surface area (Å²) >= 11 is 5.91. The number of methoxy groups -OCH3 is 1. The maximum absolute atomic E-state index is 12.6. The Morgan fingerprint density at radius 3 is 2.25 bits per heavy atom. The summed E-state index contributed by atoms with van der Waals surface area (Å²) in [4.78, 5) is 24.0. The second-order valence-corrected chi connectivity index (χ2v) is 6.40. The molecule has 0 atom stereocenters. The predicted octanol–water partition coefficient (Wildman–Crippen LogP) is 3.47. The summed E-state index contributed by atoms with van der Waals surface area (Å²) < 4.78 is 4.67. The highest BCUT2D eigenvalue weighted by Gasteiger charge is 2.50. The molecule has 1 fully saturated rings. The number of benzene rings is 2. The van der Waals surface area contributed by atoms with Gasteiger partial charge in [-0.05, 0) is 48.2 Å². The monoisotopic (exact) mass is 343 g/mol. The number of hydrogen-bond acceptors (Lipinski definition) is 3. The SMILES string of the molecule is COC(=O)c1ccc(CNC(=O)C2(c3ccc(Cl)cc3)CC2)cc1. The fraction of sp³-hybridized carbons (Fsp3) is 0.263. The van der Waals surface area contributed by atoms with Crippen LogP contribution in [0.3, 0.4) is 0 Å². The maximum atomic E-state index is 12.6. The van der Waals surface area contributed by atoms with Crippen LogP contribution in [-0.2, 0) is 21.5 Å². The van der Waals surface area contributed by atoms with E-state index in [0.29, 0.717) is 17.1 Å². The lowest BCUT2D eigenvalue weighted by atomic mass is 9.95. The molecule has 0 unspecified atom stereocenters. The van der Waals surface area contributed by atoms with Crippen molar-refractivity contribution >= 4 is 23.5 Å². The summed E-state index contributed by atoms with van der Waals surface area (Å²) in [5.41, 5.74) is 2.01. The highest BCUT2D eigenvalue weighted by Crippen LogP contribution is 2.48. The molecule has 0 spiro atoms. The van der Waals surface area contributed by atoms with E-state index in [0.717, 1.165) is 24.0 Å². The molecule has 0 radical (unpaired) electrons. The van der Waals surface area contributed by atoms with Crippen LogP contribution in [0.15, 0.2) is 48.5 Å². The smallest absolute Gasteiger partial charge is 0.337 e. The largest absolute Gasteiger partial charge is 0.465 e. The van der Waals surface area contributed by atoms with E-state index < -0.39 is 5.41 Å². The van der Waals surface area contributed by atoms with Gasteiger partial charge in [-0.15, -0.1) is 0 Å². The number of amides is 1. The molecule has 0 aromatic heterocycles. The van der Waals surface area contributed by atoms with Gasteiger partial charge in [0.15, 0.2) is 0 Å². The van der Waals surface area contributed by atoms with E-state index in [4.69, 9.17) is 11.6 Å². The first kappa shape index (κ1) is 16.5. The van der Waals surface area contributed by atoms with E-state index in [9.17, 15) is 9.59 Å². The number of hydrogen-bond donors (Lipinski definition) is 1. The first-order valence-electron chi connectivity index (χ1n) is 7.77. The molecular weight excluding hydrogens is 326 g/mol. The molecule has 124 valence electrons. The Hall–Kier alpha value is -2.33. The average Bonchev–Trinajstić information content (AvgIpc) is 3.42. The molecule has 1 amide bonds. The number of rotatable bonds is 5. The van der Waals surface area contributed by atoms with Crippen molar-refractivity contribution in [3.8, 4) is 0 Å². The van der Waals surface area contributed by atoms with Gasteiger partial charge in [0.05, 0.1) is 18.1 Å². The van der Waals surface area contributed by atoms with Gasteiger partial charge < -0.3 is 10.1 Å².